The van der Waals surface area contributed by atoms with Gasteiger partial charge in [0.15, 0.2) is 0 Å². The molecule has 0 aliphatic rings. The van der Waals surface area contributed by atoms with Gasteiger partial charge in [0, 0.05) is 13.5 Å². The summed E-state index contributed by atoms with van der Waals surface area (Å²) in [7, 11) is 3.21. The number of nitrogens with one attached hydrogen (secondary N) is 1. The summed E-state index contributed by atoms with van der Waals surface area (Å²) >= 11 is 0. The van der Waals surface area contributed by atoms with Gasteiger partial charge in [0.25, 0.3) is 0 Å². The fourth-order valence-corrected chi connectivity index (χ4v) is 0.955. The smallest absolute Gasteiger partial charge is 0.323 e. The lowest BCUT2D eigenvalue weighted by Gasteiger charge is -2.26. The van der Waals surface area contributed by atoms with Crippen LogP contribution in [0.25, 0.3) is 0 Å². The Morgan fingerprint density at radius 1 is 1.75 bits per heavy atom. The quantitative estimate of drug-likeness (QED) is 0.638. The zero-order chi connectivity index (χ0) is 9.78. The van der Waals surface area contributed by atoms with Crippen LogP contribution in [0, 0.1) is 0 Å². The van der Waals surface area contributed by atoms with Gasteiger partial charge in [0.05, 0.1) is 6.10 Å². The lowest BCUT2D eigenvalue weighted by Crippen LogP contribution is -2.49. The summed E-state index contributed by atoms with van der Waals surface area (Å²) in [5.74, 6) is -0.853. The number of hydrogen-bond donors (Lipinski definition) is 2. The van der Waals surface area contributed by atoms with E-state index in [1.54, 1.807) is 21.1 Å². The first-order chi connectivity index (χ1) is 5.46. The first kappa shape index (κ1) is 11.4. The fourth-order valence-electron chi connectivity index (χ4n) is 0.955. The molecule has 0 aliphatic heterocycles. The molecule has 0 amide bonds. The van der Waals surface area contributed by atoms with Gasteiger partial charge in [-0.1, -0.05) is 0 Å². The number of ether oxygens (including phenoxy) is 1. The Balaban J connectivity index is 4.23. The summed E-state index contributed by atoms with van der Waals surface area (Å²) in [5.41, 5.74) is -0.893. The molecule has 12 heavy (non-hydrogen) atoms. The fraction of sp³-hybridized carbons (Fsp3) is 0.875. The van der Waals surface area contributed by atoms with Crippen LogP contribution in [0.3, 0.4) is 0 Å². The standard InChI is InChI=1S/C8H17NO3/c1-6(12-4)5-8(2,9-3)7(10)11/h6,9H,5H2,1-4H3,(H,10,11). The molecular formula is C8H17NO3. The molecule has 0 aromatic heterocycles. The van der Waals surface area contributed by atoms with Crippen molar-refractivity contribution in [2.45, 2.75) is 31.9 Å². The van der Waals surface area contributed by atoms with E-state index in [1.165, 1.54) is 0 Å². The van der Waals surface area contributed by atoms with E-state index in [0.29, 0.717) is 6.42 Å². The molecule has 0 spiro atoms. The molecule has 0 saturated carbocycles. The molecule has 0 bridgehead atoms. The number of methoxy groups -OCH3 is 1. The van der Waals surface area contributed by atoms with E-state index in [-0.39, 0.29) is 6.10 Å². The van der Waals surface area contributed by atoms with Crippen LogP contribution in [-0.4, -0.2) is 36.9 Å². The molecule has 0 fully saturated rings. The number of aliphatic carboxylic acids is 1. The van der Waals surface area contributed by atoms with Gasteiger partial charge < -0.3 is 15.2 Å². The lowest BCUT2D eigenvalue weighted by molar-refractivity contribution is -0.145. The second-order valence-corrected chi connectivity index (χ2v) is 3.14. The third-order valence-corrected chi connectivity index (χ3v) is 2.12. The summed E-state index contributed by atoms with van der Waals surface area (Å²) in [4.78, 5) is 10.8. The summed E-state index contributed by atoms with van der Waals surface area (Å²) in [5, 5.41) is 11.6. The summed E-state index contributed by atoms with van der Waals surface area (Å²) in [6, 6.07) is 0. The van der Waals surface area contributed by atoms with Crippen LogP contribution >= 0.6 is 0 Å². The molecule has 0 heterocycles. The van der Waals surface area contributed by atoms with Crippen LogP contribution in [-0.2, 0) is 9.53 Å². The lowest BCUT2D eigenvalue weighted by atomic mass is 9.95. The predicted molar refractivity (Wildman–Crippen MR) is 46.2 cm³/mol. The van der Waals surface area contributed by atoms with E-state index < -0.39 is 11.5 Å². The van der Waals surface area contributed by atoms with Crippen LogP contribution in [0.5, 0.6) is 0 Å². The number of hydrogen-bond acceptors (Lipinski definition) is 3. The third kappa shape index (κ3) is 2.79. The number of likely N-dealkylation sites (N-methyl/N-ethyl adjacent to an activating group) is 1. The van der Waals surface area contributed by atoms with Gasteiger partial charge in [-0.25, -0.2) is 0 Å². The van der Waals surface area contributed by atoms with Crippen molar-refractivity contribution in [1.29, 1.82) is 0 Å². The SMILES string of the molecule is CNC(C)(CC(C)OC)C(=O)O. The molecule has 0 rings (SSSR count). The highest BCUT2D eigenvalue weighted by Gasteiger charge is 2.32. The number of carboxylic acids is 1. The van der Waals surface area contributed by atoms with Crippen molar-refractivity contribution in [3.05, 3.63) is 0 Å². The van der Waals surface area contributed by atoms with Crippen molar-refractivity contribution >= 4 is 5.97 Å². The van der Waals surface area contributed by atoms with Gasteiger partial charge in [-0.3, -0.25) is 4.79 Å². The highest BCUT2D eigenvalue weighted by Crippen LogP contribution is 2.13. The molecule has 0 aliphatic carbocycles. The Kier molecular flexibility index (Phi) is 4.20. The number of carboxylic acid groups (broad SMARTS) is 1. The predicted octanol–water partition coefficient (Wildman–Crippen LogP) is 0.474. The number of rotatable bonds is 5. The normalized spacial score (nSPS) is 18.3. The second kappa shape index (κ2) is 4.42. The zero-order valence-electron chi connectivity index (χ0n) is 8.05. The Labute approximate surface area is 72.9 Å². The molecule has 2 unspecified atom stereocenters. The molecule has 72 valence electrons. The maximum atomic E-state index is 10.8. The van der Waals surface area contributed by atoms with E-state index in [1.807, 2.05) is 6.92 Å². The van der Waals surface area contributed by atoms with Gasteiger partial charge in [-0.2, -0.15) is 0 Å². The molecule has 0 aromatic rings. The minimum atomic E-state index is -0.893. The van der Waals surface area contributed by atoms with Crippen LogP contribution < -0.4 is 5.32 Å². The summed E-state index contributed by atoms with van der Waals surface area (Å²) in [6.07, 6.45) is 0.397. The molecule has 2 atom stereocenters. The van der Waals surface area contributed by atoms with Crippen molar-refractivity contribution < 1.29 is 14.6 Å². The van der Waals surface area contributed by atoms with E-state index in [9.17, 15) is 4.79 Å². The molecule has 2 N–H and O–H groups in total. The van der Waals surface area contributed by atoms with Gasteiger partial charge >= 0.3 is 5.97 Å². The van der Waals surface area contributed by atoms with E-state index in [4.69, 9.17) is 9.84 Å². The largest absolute Gasteiger partial charge is 0.480 e. The van der Waals surface area contributed by atoms with Crippen LogP contribution in [0.4, 0.5) is 0 Å². The average molecular weight is 175 g/mol. The second-order valence-electron chi connectivity index (χ2n) is 3.14. The van der Waals surface area contributed by atoms with Crippen molar-refractivity contribution in [2.24, 2.45) is 0 Å². The van der Waals surface area contributed by atoms with E-state index in [2.05, 4.69) is 5.32 Å². The van der Waals surface area contributed by atoms with Crippen molar-refractivity contribution in [1.82, 2.24) is 5.32 Å². The Morgan fingerprint density at radius 2 is 2.25 bits per heavy atom. The minimum absolute atomic E-state index is 0.0569. The Hall–Kier alpha value is -0.610. The molecule has 0 aromatic carbocycles. The first-order valence-electron chi connectivity index (χ1n) is 3.91. The maximum Gasteiger partial charge on any atom is 0.323 e. The highest BCUT2D eigenvalue weighted by molar-refractivity contribution is 5.78. The van der Waals surface area contributed by atoms with Crippen molar-refractivity contribution in [3.63, 3.8) is 0 Å². The highest BCUT2D eigenvalue weighted by atomic mass is 16.5. The number of carbonyl (C=O) groups is 1. The topological polar surface area (TPSA) is 58.6 Å². The maximum absolute atomic E-state index is 10.8. The molecule has 0 saturated heterocycles. The van der Waals surface area contributed by atoms with Gasteiger partial charge in [-0.05, 0) is 20.9 Å². The monoisotopic (exact) mass is 175 g/mol. The van der Waals surface area contributed by atoms with Crippen molar-refractivity contribution in [3.8, 4) is 0 Å². The van der Waals surface area contributed by atoms with Gasteiger partial charge in [0.1, 0.15) is 5.54 Å². The molecule has 4 heteroatoms. The van der Waals surface area contributed by atoms with Crippen LogP contribution in [0.2, 0.25) is 0 Å². The van der Waals surface area contributed by atoms with Gasteiger partial charge in [0.2, 0.25) is 0 Å². The van der Waals surface area contributed by atoms with Crippen LogP contribution in [0.15, 0.2) is 0 Å². The van der Waals surface area contributed by atoms with Crippen molar-refractivity contribution in [2.75, 3.05) is 14.2 Å². The average Bonchev–Trinajstić information content (AvgIpc) is 2.03. The zero-order valence-corrected chi connectivity index (χ0v) is 8.05. The van der Waals surface area contributed by atoms with E-state index in [0.717, 1.165) is 0 Å². The summed E-state index contributed by atoms with van der Waals surface area (Å²) < 4.78 is 4.99. The summed E-state index contributed by atoms with van der Waals surface area (Å²) in [6.45, 7) is 3.49. The van der Waals surface area contributed by atoms with Gasteiger partial charge in [-0.15, -0.1) is 0 Å². The Bertz CT molecular complexity index is 160. The Morgan fingerprint density at radius 3 is 2.50 bits per heavy atom. The minimum Gasteiger partial charge on any atom is -0.480 e. The van der Waals surface area contributed by atoms with Crippen LogP contribution in [0.1, 0.15) is 20.3 Å². The first-order valence-corrected chi connectivity index (χ1v) is 3.91. The molecular weight excluding hydrogens is 158 g/mol. The third-order valence-electron chi connectivity index (χ3n) is 2.12. The molecule has 4 nitrogen and oxygen atoms in total. The molecule has 0 radical (unpaired) electrons. The van der Waals surface area contributed by atoms with E-state index >= 15 is 0 Å².